The minimum Gasteiger partial charge on any atom is -0.352 e. The van der Waals surface area contributed by atoms with Crippen LogP contribution < -0.4 is 5.32 Å². The van der Waals surface area contributed by atoms with Gasteiger partial charge in [-0.25, -0.2) is 4.39 Å². The Bertz CT molecular complexity index is 610. The number of rotatable bonds is 4. The van der Waals surface area contributed by atoms with Gasteiger partial charge in [0, 0.05) is 11.0 Å². The predicted octanol–water partition coefficient (Wildman–Crippen LogP) is 3.76. The average Bonchev–Trinajstić information content (AvgIpc) is 2.42. The van der Waals surface area contributed by atoms with E-state index in [1.165, 1.54) is 11.6 Å². The number of nitrogens with one attached hydrogen (secondary N) is 1. The Morgan fingerprint density at radius 3 is 2.60 bits per heavy atom. The zero-order valence-corrected chi connectivity index (χ0v) is 12.7. The molecule has 2 nitrogen and oxygen atoms in total. The van der Waals surface area contributed by atoms with Crippen LogP contribution in [-0.2, 0) is 17.8 Å². The topological polar surface area (TPSA) is 29.1 Å². The highest BCUT2D eigenvalue weighted by atomic mass is 79.9. The van der Waals surface area contributed by atoms with E-state index in [-0.39, 0.29) is 18.1 Å². The van der Waals surface area contributed by atoms with Gasteiger partial charge in [-0.2, -0.15) is 0 Å². The fourth-order valence-corrected chi connectivity index (χ4v) is 2.23. The molecule has 1 amide bonds. The molecule has 2 aromatic carbocycles. The van der Waals surface area contributed by atoms with Crippen LogP contribution in [0.15, 0.2) is 46.9 Å². The molecule has 4 heteroatoms. The zero-order chi connectivity index (χ0) is 14.5. The lowest BCUT2D eigenvalue weighted by molar-refractivity contribution is -0.120. The van der Waals surface area contributed by atoms with Crippen LogP contribution in [0.1, 0.15) is 16.7 Å². The summed E-state index contributed by atoms with van der Waals surface area (Å²) in [6, 6.07) is 12.5. The predicted molar refractivity (Wildman–Crippen MR) is 80.8 cm³/mol. The van der Waals surface area contributed by atoms with Crippen molar-refractivity contribution >= 4 is 21.8 Å². The molecule has 0 atom stereocenters. The summed E-state index contributed by atoms with van der Waals surface area (Å²) in [6.45, 7) is 2.47. The van der Waals surface area contributed by atoms with Gasteiger partial charge >= 0.3 is 0 Å². The Labute approximate surface area is 126 Å². The number of hydrogen-bond donors (Lipinski definition) is 1. The molecule has 20 heavy (non-hydrogen) atoms. The lowest BCUT2D eigenvalue weighted by Crippen LogP contribution is -2.24. The van der Waals surface area contributed by atoms with Crippen LogP contribution in [0.4, 0.5) is 4.39 Å². The molecule has 0 aliphatic carbocycles. The summed E-state index contributed by atoms with van der Waals surface area (Å²) < 4.78 is 14.3. The lowest BCUT2D eigenvalue weighted by atomic mass is 10.1. The summed E-state index contributed by atoms with van der Waals surface area (Å²) in [6.07, 6.45) is 0.0388. The van der Waals surface area contributed by atoms with Crippen LogP contribution in [0.25, 0.3) is 0 Å². The quantitative estimate of drug-likeness (QED) is 0.905. The summed E-state index contributed by atoms with van der Waals surface area (Å²) in [5.41, 5.74) is 2.59. The maximum atomic E-state index is 13.5. The summed E-state index contributed by atoms with van der Waals surface area (Å²) in [4.78, 5) is 11.8. The maximum absolute atomic E-state index is 13.5. The van der Waals surface area contributed by atoms with Crippen molar-refractivity contribution in [2.45, 2.75) is 19.9 Å². The third-order valence-corrected chi connectivity index (χ3v) is 3.46. The number of benzene rings is 2. The molecule has 0 aromatic heterocycles. The van der Waals surface area contributed by atoms with Crippen LogP contribution in [0.2, 0.25) is 0 Å². The molecule has 0 saturated carbocycles. The second-order valence-corrected chi connectivity index (χ2v) is 5.59. The molecule has 1 N–H and O–H groups in total. The molecule has 0 radical (unpaired) electrons. The Kier molecular flexibility index (Phi) is 4.90. The van der Waals surface area contributed by atoms with Gasteiger partial charge in [-0.15, -0.1) is 0 Å². The highest BCUT2D eigenvalue weighted by Crippen LogP contribution is 2.16. The number of amides is 1. The number of halogens is 2. The van der Waals surface area contributed by atoms with Crippen LogP contribution in [0, 0.1) is 12.7 Å². The van der Waals surface area contributed by atoms with E-state index in [0.717, 1.165) is 10.0 Å². The van der Waals surface area contributed by atoms with Crippen molar-refractivity contribution in [1.82, 2.24) is 5.32 Å². The van der Waals surface area contributed by atoms with Crippen molar-refractivity contribution in [2.75, 3.05) is 0 Å². The van der Waals surface area contributed by atoms with Crippen molar-refractivity contribution in [2.24, 2.45) is 0 Å². The fourth-order valence-electron chi connectivity index (χ4n) is 1.82. The molecule has 0 aliphatic heterocycles. The smallest absolute Gasteiger partial charge is 0.224 e. The van der Waals surface area contributed by atoms with E-state index in [1.807, 2.05) is 31.2 Å². The van der Waals surface area contributed by atoms with Crippen molar-refractivity contribution in [1.29, 1.82) is 0 Å². The van der Waals surface area contributed by atoms with E-state index >= 15 is 0 Å². The van der Waals surface area contributed by atoms with Gasteiger partial charge in [0.2, 0.25) is 5.91 Å². The molecule has 0 unspecified atom stereocenters. The molecule has 0 aliphatic rings. The monoisotopic (exact) mass is 335 g/mol. The third-order valence-electron chi connectivity index (χ3n) is 2.97. The molecule has 2 rings (SSSR count). The van der Waals surface area contributed by atoms with Gasteiger partial charge < -0.3 is 5.32 Å². The van der Waals surface area contributed by atoms with Crippen LogP contribution in [0.5, 0.6) is 0 Å². The first-order valence-corrected chi connectivity index (χ1v) is 7.10. The van der Waals surface area contributed by atoms with Crippen molar-refractivity contribution < 1.29 is 9.18 Å². The summed E-state index contributed by atoms with van der Waals surface area (Å²) in [5, 5.41) is 2.79. The van der Waals surface area contributed by atoms with Gasteiger partial charge in [0.05, 0.1) is 6.42 Å². The lowest BCUT2D eigenvalue weighted by Gasteiger charge is -2.07. The van der Waals surface area contributed by atoms with Crippen molar-refractivity contribution in [3.8, 4) is 0 Å². The SMILES string of the molecule is Cc1ccc(CNC(=O)Cc2cc(Br)ccc2F)cc1. The molecular formula is C16H15BrFNO. The maximum Gasteiger partial charge on any atom is 0.224 e. The highest BCUT2D eigenvalue weighted by molar-refractivity contribution is 9.10. The largest absolute Gasteiger partial charge is 0.352 e. The standard InChI is InChI=1S/C16H15BrFNO/c1-11-2-4-12(5-3-11)10-19-16(20)9-13-8-14(17)6-7-15(13)18/h2-8H,9-10H2,1H3,(H,19,20). The Balaban J connectivity index is 1.92. The van der Waals surface area contributed by atoms with Gasteiger partial charge in [-0.1, -0.05) is 45.8 Å². The molecule has 0 bridgehead atoms. The van der Waals surface area contributed by atoms with E-state index in [9.17, 15) is 9.18 Å². The van der Waals surface area contributed by atoms with Crippen LogP contribution in [-0.4, -0.2) is 5.91 Å². The van der Waals surface area contributed by atoms with E-state index in [0.29, 0.717) is 12.1 Å². The van der Waals surface area contributed by atoms with Gasteiger partial charge in [0.1, 0.15) is 5.82 Å². The normalized spacial score (nSPS) is 10.3. The average molecular weight is 336 g/mol. The van der Waals surface area contributed by atoms with Gasteiger partial charge in [0.25, 0.3) is 0 Å². The van der Waals surface area contributed by atoms with Crippen molar-refractivity contribution in [3.05, 3.63) is 69.4 Å². The van der Waals surface area contributed by atoms with E-state index in [4.69, 9.17) is 0 Å². The van der Waals surface area contributed by atoms with Gasteiger partial charge in [0.15, 0.2) is 0 Å². The van der Waals surface area contributed by atoms with Gasteiger partial charge in [-0.05, 0) is 36.2 Å². The second-order valence-electron chi connectivity index (χ2n) is 4.67. The molecule has 0 fully saturated rings. The minimum absolute atomic E-state index is 0.0388. The summed E-state index contributed by atoms with van der Waals surface area (Å²) >= 11 is 3.27. The minimum atomic E-state index is -0.362. The first-order valence-electron chi connectivity index (χ1n) is 6.31. The molecule has 0 heterocycles. The summed E-state index contributed by atoms with van der Waals surface area (Å²) in [7, 11) is 0. The number of hydrogen-bond acceptors (Lipinski definition) is 1. The van der Waals surface area contributed by atoms with E-state index in [1.54, 1.807) is 12.1 Å². The fraction of sp³-hybridized carbons (Fsp3) is 0.188. The van der Waals surface area contributed by atoms with Gasteiger partial charge in [-0.3, -0.25) is 4.79 Å². The van der Waals surface area contributed by atoms with E-state index in [2.05, 4.69) is 21.2 Å². The molecule has 104 valence electrons. The second kappa shape index (κ2) is 6.66. The van der Waals surface area contributed by atoms with Crippen LogP contribution in [0.3, 0.4) is 0 Å². The first kappa shape index (κ1) is 14.7. The highest BCUT2D eigenvalue weighted by Gasteiger charge is 2.08. The summed E-state index contributed by atoms with van der Waals surface area (Å²) in [5.74, 6) is -0.554. The molecule has 0 saturated heterocycles. The molecule has 2 aromatic rings. The Morgan fingerprint density at radius 1 is 1.20 bits per heavy atom. The van der Waals surface area contributed by atoms with Crippen LogP contribution >= 0.6 is 15.9 Å². The Morgan fingerprint density at radius 2 is 1.90 bits per heavy atom. The molecule has 0 spiro atoms. The number of aryl methyl sites for hydroxylation is 1. The Hall–Kier alpha value is -1.68. The first-order chi connectivity index (χ1) is 9.54. The third kappa shape index (κ3) is 4.17. The number of carbonyl (C=O) groups excluding carboxylic acids is 1. The molecular weight excluding hydrogens is 321 g/mol. The van der Waals surface area contributed by atoms with E-state index < -0.39 is 0 Å². The number of carbonyl (C=O) groups is 1. The zero-order valence-electron chi connectivity index (χ0n) is 11.1. The van der Waals surface area contributed by atoms with Crippen molar-refractivity contribution in [3.63, 3.8) is 0 Å².